The maximum absolute atomic E-state index is 11.5. The van der Waals surface area contributed by atoms with Crippen LogP contribution in [0.5, 0.6) is 0 Å². The molecular formula is C13H11BrN2O3. The van der Waals surface area contributed by atoms with Crippen molar-refractivity contribution in [1.82, 2.24) is 9.97 Å². The van der Waals surface area contributed by atoms with Crippen LogP contribution >= 0.6 is 15.9 Å². The lowest BCUT2D eigenvalue weighted by molar-refractivity contribution is 0.0695. The third-order valence-corrected chi connectivity index (χ3v) is 3.17. The van der Waals surface area contributed by atoms with Crippen molar-refractivity contribution in [2.24, 2.45) is 0 Å². The van der Waals surface area contributed by atoms with E-state index in [1.54, 1.807) is 25.1 Å². The maximum Gasteiger partial charge on any atom is 0.345 e. The van der Waals surface area contributed by atoms with Gasteiger partial charge >= 0.3 is 11.7 Å². The summed E-state index contributed by atoms with van der Waals surface area (Å²) in [6.45, 7) is 1.78. The number of carbonyl (C=O) groups is 1. The van der Waals surface area contributed by atoms with Crippen LogP contribution in [0.3, 0.4) is 0 Å². The fourth-order valence-electron chi connectivity index (χ4n) is 1.86. The molecule has 0 unspecified atom stereocenters. The van der Waals surface area contributed by atoms with Crippen molar-refractivity contribution in [3.8, 4) is 11.3 Å². The molecule has 2 rings (SSSR count). The molecule has 19 heavy (non-hydrogen) atoms. The van der Waals surface area contributed by atoms with Gasteiger partial charge in [-0.3, -0.25) is 0 Å². The molecule has 0 aliphatic rings. The van der Waals surface area contributed by atoms with E-state index < -0.39 is 11.7 Å². The second kappa shape index (κ2) is 5.36. The zero-order valence-electron chi connectivity index (χ0n) is 10.1. The first-order valence-electron chi connectivity index (χ1n) is 5.65. The standard InChI is InChI=1S/C13H11BrN2O3/c1-2-9-10(12(17)18)11(16-13(19)15-9)7-4-3-5-8(14)6-7/h3-6H,2H2,1H3,(H,17,18)(H,15,16,19). The smallest absolute Gasteiger partial charge is 0.345 e. The molecule has 0 aliphatic carbocycles. The Kier molecular flexibility index (Phi) is 3.80. The van der Waals surface area contributed by atoms with Crippen molar-refractivity contribution >= 4 is 21.9 Å². The molecule has 0 spiro atoms. The van der Waals surface area contributed by atoms with E-state index in [-0.39, 0.29) is 11.3 Å². The molecule has 1 aromatic carbocycles. The van der Waals surface area contributed by atoms with Gasteiger partial charge in [0.15, 0.2) is 0 Å². The minimum absolute atomic E-state index is 0.0419. The number of nitrogens with zero attached hydrogens (tertiary/aromatic N) is 1. The Labute approximate surface area is 117 Å². The summed E-state index contributed by atoms with van der Waals surface area (Å²) >= 11 is 3.31. The van der Waals surface area contributed by atoms with Crippen LogP contribution in [0.15, 0.2) is 33.5 Å². The Hall–Kier alpha value is -1.95. The number of H-pyrrole nitrogens is 1. The molecule has 0 fully saturated rings. The highest BCUT2D eigenvalue weighted by Gasteiger charge is 2.19. The molecule has 0 saturated heterocycles. The van der Waals surface area contributed by atoms with Crippen molar-refractivity contribution in [3.63, 3.8) is 0 Å². The number of aryl methyl sites for hydroxylation is 1. The Morgan fingerprint density at radius 1 is 1.47 bits per heavy atom. The van der Waals surface area contributed by atoms with Crippen LogP contribution in [0.2, 0.25) is 0 Å². The number of carboxylic acid groups (broad SMARTS) is 1. The van der Waals surface area contributed by atoms with E-state index in [9.17, 15) is 14.7 Å². The molecule has 1 heterocycles. The Balaban J connectivity index is 2.78. The molecule has 2 aromatic rings. The van der Waals surface area contributed by atoms with Gasteiger partial charge in [-0.1, -0.05) is 35.0 Å². The zero-order chi connectivity index (χ0) is 14.0. The number of aromatic carboxylic acids is 1. The zero-order valence-corrected chi connectivity index (χ0v) is 11.7. The SMILES string of the molecule is CCc1[nH]c(=O)nc(-c2cccc(Br)c2)c1C(=O)O. The van der Waals surface area contributed by atoms with Crippen molar-refractivity contribution < 1.29 is 9.90 Å². The van der Waals surface area contributed by atoms with Gasteiger partial charge in [0, 0.05) is 15.7 Å². The van der Waals surface area contributed by atoms with Gasteiger partial charge in [-0.2, -0.15) is 4.98 Å². The van der Waals surface area contributed by atoms with Crippen LogP contribution in [-0.2, 0) is 6.42 Å². The monoisotopic (exact) mass is 322 g/mol. The van der Waals surface area contributed by atoms with Gasteiger partial charge in [0.2, 0.25) is 0 Å². The topological polar surface area (TPSA) is 83.0 Å². The number of hydrogen-bond donors (Lipinski definition) is 2. The molecule has 6 heteroatoms. The Morgan fingerprint density at radius 2 is 2.21 bits per heavy atom. The average Bonchev–Trinajstić information content (AvgIpc) is 2.37. The number of hydrogen-bond acceptors (Lipinski definition) is 3. The molecule has 98 valence electrons. The molecule has 5 nitrogen and oxygen atoms in total. The number of nitrogens with one attached hydrogen (secondary N) is 1. The van der Waals surface area contributed by atoms with Crippen molar-refractivity contribution in [2.75, 3.05) is 0 Å². The van der Waals surface area contributed by atoms with Gasteiger partial charge in [-0.05, 0) is 18.6 Å². The van der Waals surface area contributed by atoms with Crippen LogP contribution in [0.1, 0.15) is 23.0 Å². The lowest BCUT2D eigenvalue weighted by Gasteiger charge is -2.09. The van der Waals surface area contributed by atoms with E-state index >= 15 is 0 Å². The van der Waals surface area contributed by atoms with Crippen LogP contribution < -0.4 is 5.69 Å². The first-order chi connectivity index (χ1) is 9.02. The Bertz CT molecular complexity index is 695. The van der Waals surface area contributed by atoms with Crippen LogP contribution in [0.25, 0.3) is 11.3 Å². The number of aromatic nitrogens is 2. The molecule has 0 saturated carbocycles. The number of aromatic amines is 1. The number of carboxylic acids is 1. The predicted molar refractivity (Wildman–Crippen MR) is 74.3 cm³/mol. The summed E-state index contributed by atoms with van der Waals surface area (Å²) in [6, 6.07) is 7.03. The predicted octanol–water partition coefficient (Wildman–Crippen LogP) is 2.46. The van der Waals surface area contributed by atoms with Crippen molar-refractivity contribution in [1.29, 1.82) is 0 Å². The highest BCUT2D eigenvalue weighted by Crippen LogP contribution is 2.25. The summed E-state index contributed by atoms with van der Waals surface area (Å²) < 4.78 is 0.793. The Morgan fingerprint density at radius 3 is 2.79 bits per heavy atom. The first kappa shape index (κ1) is 13.5. The summed E-state index contributed by atoms with van der Waals surface area (Å²) in [4.78, 5) is 29.2. The van der Waals surface area contributed by atoms with Gasteiger partial charge in [-0.25, -0.2) is 9.59 Å². The summed E-state index contributed by atoms with van der Waals surface area (Å²) in [5, 5.41) is 9.33. The van der Waals surface area contributed by atoms with Crippen LogP contribution in [-0.4, -0.2) is 21.0 Å². The summed E-state index contributed by atoms with van der Waals surface area (Å²) in [5.41, 5.74) is 0.654. The third kappa shape index (κ3) is 2.73. The van der Waals surface area contributed by atoms with Gasteiger partial charge in [-0.15, -0.1) is 0 Å². The molecule has 0 bridgehead atoms. The quantitative estimate of drug-likeness (QED) is 0.909. The van der Waals surface area contributed by atoms with Crippen molar-refractivity contribution in [2.45, 2.75) is 13.3 Å². The van der Waals surface area contributed by atoms with E-state index in [0.29, 0.717) is 17.7 Å². The lowest BCUT2D eigenvalue weighted by atomic mass is 10.0. The van der Waals surface area contributed by atoms with Crippen molar-refractivity contribution in [3.05, 3.63) is 50.5 Å². The molecular weight excluding hydrogens is 312 g/mol. The minimum atomic E-state index is -1.10. The molecule has 0 aliphatic heterocycles. The fourth-order valence-corrected chi connectivity index (χ4v) is 2.26. The molecule has 0 atom stereocenters. The highest BCUT2D eigenvalue weighted by molar-refractivity contribution is 9.10. The van der Waals surface area contributed by atoms with Gasteiger partial charge in [0.05, 0.1) is 5.69 Å². The van der Waals surface area contributed by atoms with Crippen LogP contribution in [0, 0.1) is 0 Å². The maximum atomic E-state index is 11.5. The van der Waals surface area contributed by atoms with E-state index in [0.717, 1.165) is 4.47 Å². The van der Waals surface area contributed by atoms with Gasteiger partial charge < -0.3 is 10.1 Å². The molecule has 0 radical (unpaired) electrons. The fraction of sp³-hybridized carbons (Fsp3) is 0.154. The third-order valence-electron chi connectivity index (χ3n) is 2.68. The van der Waals surface area contributed by atoms with E-state index in [4.69, 9.17) is 0 Å². The summed E-state index contributed by atoms with van der Waals surface area (Å²) in [5.74, 6) is -1.10. The molecule has 1 aromatic heterocycles. The molecule has 2 N–H and O–H groups in total. The largest absolute Gasteiger partial charge is 0.478 e. The summed E-state index contributed by atoms with van der Waals surface area (Å²) in [6.07, 6.45) is 0.417. The highest BCUT2D eigenvalue weighted by atomic mass is 79.9. The lowest BCUT2D eigenvalue weighted by Crippen LogP contribution is -2.19. The second-order valence-corrected chi connectivity index (χ2v) is 4.83. The summed E-state index contributed by atoms with van der Waals surface area (Å²) in [7, 11) is 0. The van der Waals surface area contributed by atoms with E-state index in [1.807, 2.05) is 6.07 Å². The first-order valence-corrected chi connectivity index (χ1v) is 6.44. The molecule has 0 amide bonds. The number of rotatable bonds is 3. The normalized spacial score (nSPS) is 10.4. The minimum Gasteiger partial charge on any atom is -0.478 e. The van der Waals surface area contributed by atoms with E-state index in [2.05, 4.69) is 25.9 Å². The number of halogens is 1. The van der Waals surface area contributed by atoms with Crippen LogP contribution in [0.4, 0.5) is 0 Å². The van der Waals surface area contributed by atoms with Gasteiger partial charge in [0.25, 0.3) is 0 Å². The number of benzene rings is 1. The average molecular weight is 323 g/mol. The van der Waals surface area contributed by atoms with Gasteiger partial charge in [0.1, 0.15) is 5.56 Å². The second-order valence-electron chi connectivity index (χ2n) is 3.91. The van der Waals surface area contributed by atoms with E-state index in [1.165, 1.54) is 0 Å².